The van der Waals surface area contributed by atoms with Crippen LogP contribution < -0.4 is 5.32 Å². The molecule has 0 amide bonds. The molecule has 0 spiro atoms. The molecule has 0 aliphatic carbocycles. The number of halogens is 1. The lowest BCUT2D eigenvalue weighted by atomic mass is 10.3. The molecule has 1 aromatic carbocycles. The summed E-state index contributed by atoms with van der Waals surface area (Å²) < 4.78 is 32.5. The number of amidine groups is 1. The van der Waals surface area contributed by atoms with Crippen LogP contribution in [0.2, 0.25) is 5.02 Å². The number of sulfonamides is 1. The van der Waals surface area contributed by atoms with Crippen molar-refractivity contribution in [3.8, 4) is 0 Å². The molecule has 0 radical (unpaired) electrons. The monoisotopic (exact) mass is 274 g/mol. The highest BCUT2D eigenvalue weighted by Gasteiger charge is 2.27. The molecule has 92 valence electrons. The second-order valence-corrected chi connectivity index (χ2v) is 5.60. The number of benzene rings is 1. The van der Waals surface area contributed by atoms with Crippen LogP contribution in [0.5, 0.6) is 0 Å². The third-order valence-corrected chi connectivity index (χ3v) is 4.01. The molecule has 1 heterocycles. The molecule has 0 bridgehead atoms. The van der Waals surface area contributed by atoms with E-state index in [9.17, 15) is 8.42 Å². The molecule has 1 N–H and O–H groups in total. The molecule has 7 heteroatoms. The minimum Gasteiger partial charge on any atom is -0.374 e. The van der Waals surface area contributed by atoms with Gasteiger partial charge in [0.25, 0.3) is 10.0 Å². The number of nitrogens with zero attached hydrogens (tertiary/aromatic N) is 1. The highest BCUT2D eigenvalue weighted by molar-refractivity contribution is 7.90. The summed E-state index contributed by atoms with van der Waals surface area (Å²) in [5.41, 5.74) is 0.461. The molecule has 1 aromatic rings. The SMILES string of the molecule is COC(C)C1=NS(=O)(=O)c2cc(Cl)ccc2N1. The van der Waals surface area contributed by atoms with Crippen molar-refractivity contribution >= 4 is 33.1 Å². The lowest BCUT2D eigenvalue weighted by molar-refractivity contribution is 0.170. The minimum atomic E-state index is -3.71. The van der Waals surface area contributed by atoms with Crippen LogP contribution in [-0.4, -0.2) is 27.5 Å². The van der Waals surface area contributed by atoms with E-state index < -0.39 is 16.1 Å². The van der Waals surface area contributed by atoms with Crippen molar-refractivity contribution in [2.24, 2.45) is 4.40 Å². The summed E-state index contributed by atoms with van der Waals surface area (Å²) in [6.45, 7) is 1.71. The molecule has 0 saturated heterocycles. The zero-order valence-corrected chi connectivity index (χ0v) is 10.8. The van der Waals surface area contributed by atoms with Crippen molar-refractivity contribution in [3.05, 3.63) is 23.2 Å². The van der Waals surface area contributed by atoms with Crippen molar-refractivity contribution in [1.29, 1.82) is 0 Å². The van der Waals surface area contributed by atoms with Gasteiger partial charge in [0.15, 0.2) is 0 Å². The smallest absolute Gasteiger partial charge is 0.286 e. The minimum absolute atomic E-state index is 0.0806. The fourth-order valence-electron chi connectivity index (χ4n) is 1.44. The Hall–Kier alpha value is -1.11. The summed E-state index contributed by atoms with van der Waals surface area (Å²) in [6, 6.07) is 4.59. The molecule has 2 rings (SSSR count). The number of hydrogen-bond donors (Lipinski definition) is 1. The van der Waals surface area contributed by atoms with E-state index in [0.717, 1.165) is 0 Å². The van der Waals surface area contributed by atoms with Gasteiger partial charge in [-0.3, -0.25) is 0 Å². The van der Waals surface area contributed by atoms with Crippen molar-refractivity contribution in [2.75, 3.05) is 12.4 Å². The molecular weight excluding hydrogens is 264 g/mol. The van der Waals surface area contributed by atoms with Crippen LogP contribution in [0.25, 0.3) is 0 Å². The summed E-state index contributed by atoms with van der Waals surface area (Å²) in [5.74, 6) is 0.266. The topological polar surface area (TPSA) is 67.8 Å². The lowest BCUT2D eigenvalue weighted by Gasteiger charge is -2.21. The fraction of sp³-hybridized carbons (Fsp3) is 0.300. The van der Waals surface area contributed by atoms with Crippen LogP contribution in [0, 0.1) is 0 Å². The Morgan fingerprint density at radius 2 is 2.18 bits per heavy atom. The van der Waals surface area contributed by atoms with Gasteiger partial charge in [0.05, 0.1) is 5.69 Å². The van der Waals surface area contributed by atoms with Crippen LogP contribution in [0.3, 0.4) is 0 Å². The van der Waals surface area contributed by atoms with E-state index in [1.54, 1.807) is 19.1 Å². The van der Waals surface area contributed by atoms with Gasteiger partial charge in [0.1, 0.15) is 16.8 Å². The van der Waals surface area contributed by atoms with E-state index in [0.29, 0.717) is 10.7 Å². The van der Waals surface area contributed by atoms with Crippen LogP contribution in [0.4, 0.5) is 5.69 Å². The first-order chi connectivity index (χ1) is 7.94. The van der Waals surface area contributed by atoms with Gasteiger partial charge in [-0.05, 0) is 25.1 Å². The van der Waals surface area contributed by atoms with Crippen molar-refractivity contribution < 1.29 is 13.2 Å². The van der Waals surface area contributed by atoms with E-state index in [1.807, 2.05) is 0 Å². The number of anilines is 1. The average Bonchev–Trinajstić information content (AvgIpc) is 2.28. The highest BCUT2D eigenvalue weighted by Crippen LogP contribution is 2.30. The number of methoxy groups -OCH3 is 1. The molecule has 17 heavy (non-hydrogen) atoms. The van der Waals surface area contributed by atoms with E-state index in [4.69, 9.17) is 16.3 Å². The van der Waals surface area contributed by atoms with Crippen LogP contribution in [0.1, 0.15) is 6.92 Å². The normalized spacial score (nSPS) is 18.9. The quantitative estimate of drug-likeness (QED) is 0.894. The van der Waals surface area contributed by atoms with Crippen LogP contribution >= 0.6 is 11.6 Å². The predicted octanol–water partition coefficient (Wildman–Crippen LogP) is 1.89. The van der Waals surface area contributed by atoms with Gasteiger partial charge in [-0.2, -0.15) is 8.42 Å². The van der Waals surface area contributed by atoms with Gasteiger partial charge in [-0.1, -0.05) is 11.6 Å². The molecule has 1 unspecified atom stereocenters. The predicted molar refractivity (Wildman–Crippen MR) is 66.2 cm³/mol. The summed E-state index contributed by atoms with van der Waals surface area (Å²) >= 11 is 5.76. The molecule has 1 aliphatic rings. The molecule has 0 saturated carbocycles. The fourth-order valence-corrected chi connectivity index (χ4v) is 2.90. The summed E-state index contributed by atoms with van der Waals surface area (Å²) in [5, 5.41) is 3.27. The average molecular weight is 275 g/mol. The Morgan fingerprint density at radius 3 is 2.82 bits per heavy atom. The number of fused-ring (bicyclic) bond motifs is 1. The zero-order valence-electron chi connectivity index (χ0n) is 9.27. The maximum Gasteiger partial charge on any atom is 0.286 e. The van der Waals surface area contributed by atoms with E-state index in [1.165, 1.54) is 13.2 Å². The first-order valence-electron chi connectivity index (χ1n) is 4.88. The Kier molecular flexibility index (Phi) is 3.11. The summed E-state index contributed by atoms with van der Waals surface area (Å²) in [4.78, 5) is 0.0806. The van der Waals surface area contributed by atoms with E-state index >= 15 is 0 Å². The lowest BCUT2D eigenvalue weighted by Crippen LogP contribution is -2.31. The maximum absolute atomic E-state index is 11.9. The molecule has 1 atom stereocenters. The Balaban J connectivity index is 2.54. The van der Waals surface area contributed by atoms with Crippen LogP contribution in [0.15, 0.2) is 27.5 Å². The first kappa shape index (κ1) is 12.3. The van der Waals surface area contributed by atoms with Crippen molar-refractivity contribution in [3.63, 3.8) is 0 Å². The first-order valence-corrected chi connectivity index (χ1v) is 6.70. The number of rotatable bonds is 2. The van der Waals surface area contributed by atoms with Crippen molar-refractivity contribution in [2.45, 2.75) is 17.9 Å². The molecule has 1 aliphatic heterocycles. The van der Waals surface area contributed by atoms with Gasteiger partial charge in [-0.25, -0.2) is 0 Å². The highest BCUT2D eigenvalue weighted by atomic mass is 35.5. The van der Waals surface area contributed by atoms with E-state index in [-0.39, 0.29) is 10.7 Å². The third-order valence-electron chi connectivity index (χ3n) is 2.44. The third kappa shape index (κ3) is 2.29. The standard InChI is InChI=1S/C10H11ClN2O3S/c1-6(16-2)10-12-8-4-3-7(11)5-9(8)17(14,15)13-10/h3-6H,1-2H3,(H,12,13). The molecule has 5 nitrogen and oxygen atoms in total. The zero-order chi connectivity index (χ0) is 12.6. The van der Waals surface area contributed by atoms with Gasteiger partial charge in [0.2, 0.25) is 0 Å². The van der Waals surface area contributed by atoms with E-state index in [2.05, 4.69) is 9.71 Å². The molecular formula is C10H11ClN2O3S. The maximum atomic E-state index is 11.9. The van der Waals surface area contributed by atoms with Gasteiger partial charge in [0, 0.05) is 12.1 Å². The van der Waals surface area contributed by atoms with Crippen molar-refractivity contribution in [1.82, 2.24) is 0 Å². The van der Waals surface area contributed by atoms with Gasteiger partial charge in [-0.15, -0.1) is 4.40 Å². The second kappa shape index (κ2) is 4.29. The van der Waals surface area contributed by atoms with Crippen LogP contribution in [-0.2, 0) is 14.8 Å². The van der Waals surface area contributed by atoms with Gasteiger partial charge >= 0.3 is 0 Å². The Bertz CT molecular complexity index is 583. The molecule has 0 fully saturated rings. The number of hydrogen-bond acceptors (Lipinski definition) is 4. The second-order valence-electron chi connectivity index (χ2n) is 3.60. The Labute approximate surface area is 105 Å². The Morgan fingerprint density at radius 1 is 1.47 bits per heavy atom. The summed E-state index contributed by atoms with van der Waals surface area (Å²) in [7, 11) is -2.22. The molecule has 0 aromatic heterocycles. The number of ether oxygens (including phenoxy) is 1. The summed E-state index contributed by atoms with van der Waals surface area (Å²) in [6.07, 6.45) is -0.423. The largest absolute Gasteiger partial charge is 0.374 e. The number of nitrogens with one attached hydrogen (secondary N) is 1. The van der Waals surface area contributed by atoms with Gasteiger partial charge < -0.3 is 10.1 Å².